The lowest BCUT2D eigenvalue weighted by molar-refractivity contribution is 0.237. The fraction of sp³-hybridized carbons (Fsp3) is 0.167. The summed E-state index contributed by atoms with van der Waals surface area (Å²) >= 11 is 0. The quantitative estimate of drug-likeness (QED) is 0.725. The van der Waals surface area contributed by atoms with Crippen LogP contribution >= 0.6 is 0 Å². The van der Waals surface area contributed by atoms with E-state index in [4.69, 9.17) is 19.8 Å². The number of aliphatic hydroxyl groups excluding tert-OH is 1. The van der Waals surface area contributed by atoms with E-state index in [0.717, 1.165) is 11.0 Å². The molecule has 92 valence electrons. The lowest BCUT2D eigenvalue weighted by atomic mass is 10.2. The van der Waals surface area contributed by atoms with Gasteiger partial charge in [-0.2, -0.15) is 4.98 Å². The molecule has 18 heavy (non-hydrogen) atoms. The second kappa shape index (κ2) is 4.25. The van der Waals surface area contributed by atoms with E-state index in [9.17, 15) is 0 Å². The second-order valence-corrected chi connectivity index (χ2v) is 3.89. The summed E-state index contributed by atoms with van der Waals surface area (Å²) in [6.07, 6.45) is 0. The average Bonchev–Trinajstić information content (AvgIpc) is 3.03. The molecule has 0 aliphatic carbocycles. The standard InChI is InChI=1S/C12H11N3O3/c13-8(6-16)12-14-11(15-18-12)10-5-7-3-1-2-4-9(7)17-10/h1-5,8,16H,6,13H2/t8-/m0/s1. The van der Waals surface area contributed by atoms with Gasteiger partial charge in [0.2, 0.25) is 11.7 Å². The van der Waals surface area contributed by atoms with Crippen LogP contribution in [0.4, 0.5) is 0 Å². The lowest BCUT2D eigenvalue weighted by Gasteiger charge is -1.98. The Bertz CT molecular complexity index is 641. The number of benzene rings is 1. The highest BCUT2D eigenvalue weighted by molar-refractivity contribution is 5.81. The van der Waals surface area contributed by atoms with Crippen molar-refractivity contribution < 1.29 is 14.0 Å². The van der Waals surface area contributed by atoms with Crippen LogP contribution in [0.25, 0.3) is 22.6 Å². The van der Waals surface area contributed by atoms with E-state index >= 15 is 0 Å². The van der Waals surface area contributed by atoms with Gasteiger partial charge in [-0.3, -0.25) is 0 Å². The fourth-order valence-electron chi connectivity index (χ4n) is 1.66. The molecule has 0 saturated carbocycles. The van der Waals surface area contributed by atoms with Gasteiger partial charge in [0, 0.05) is 5.39 Å². The van der Waals surface area contributed by atoms with Gasteiger partial charge < -0.3 is 19.8 Å². The second-order valence-electron chi connectivity index (χ2n) is 3.89. The predicted molar refractivity (Wildman–Crippen MR) is 63.5 cm³/mol. The molecule has 0 amide bonds. The highest BCUT2D eigenvalue weighted by Crippen LogP contribution is 2.26. The van der Waals surface area contributed by atoms with Crippen LogP contribution < -0.4 is 5.73 Å². The molecule has 1 aromatic carbocycles. The van der Waals surface area contributed by atoms with E-state index in [1.165, 1.54) is 0 Å². The van der Waals surface area contributed by atoms with Crippen molar-refractivity contribution >= 4 is 11.0 Å². The zero-order valence-electron chi connectivity index (χ0n) is 9.41. The van der Waals surface area contributed by atoms with E-state index in [1.54, 1.807) is 0 Å². The van der Waals surface area contributed by atoms with Crippen LogP contribution in [0.1, 0.15) is 11.9 Å². The molecular weight excluding hydrogens is 234 g/mol. The number of aliphatic hydroxyl groups is 1. The van der Waals surface area contributed by atoms with Crippen LogP contribution in [0.3, 0.4) is 0 Å². The van der Waals surface area contributed by atoms with Gasteiger partial charge in [0.25, 0.3) is 0 Å². The minimum Gasteiger partial charge on any atom is -0.453 e. The lowest BCUT2D eigenvalue weighted by Crippen LogP contribution is -2.14. The summed E-state index contributed by atoms with van der Waals surface area (Å²) in [4.78, 5) is 4.09. The third kappa shape index (κ3) is 1.77. The summed E-state index contributed by atoms with van der Waals surface area (Å²) in [7, 11) is 0. The molecule has 2 heterocycles. The predicted octanol–water partition coefficient (Wildman–Crippen LogP) is 1.47. The number of nitrogens with zero attached hydrogens (tertiary/aromatic N) is 2. The van der Waals surface area contributed by atoms with Gasteiger partial charge in [0.15, 0.2) is 5.76 Å². The van der Waals surface area contributed by atoms with Gasteiger partial charge in [-0.1, -0.05) is 23.4 Å². The van der Waals surface area contributed by atoms with Crippen molar-refractivity contribution in [2.75, 3.05) is 6.61 Å². The maximum Gasteiger partial charge on any atom is 0.246 e. The van der Waals surface area contributed by atoms with Gasteiger partial charge in [-0.25, -0.2) is 0 Å². The Balaban J connectivity index is 2.01. The smallest absolute Gasteiger partial charge is 0.246 e. The Labute approximate surface area is 102 Å². The van der Waals surface area contributed by atoms with E-state index in [2.05, 4.69) is 10.1 Å². The zero-order valence-corrected chi connectivity index (χ0v) is 9.41. The SMILES string of the molecule is N[C@@H](CO)c1nc(-c2cc3ccccc3o2)no1. The minimum atomic E-state index is -0.671. The van der Waals surface area contributed by atoms with Gasteiger partial charge in [0.05, 0.1) is 6.61 Å². The van der Waals surface area contributed by atoms with E-state index in [0.29, 0.717) is 11.6 Å². The number of fused-ring (bicyclic) bond motifs is 1. The van der Waals surface area contributed by atoms with Crippen molar-refractivity contribution in [3.8, 4) is 11.6 Å². The maximum absolute atomic E-state index is 8.91. The number of furan rings is 1. The highest BCUT2D eigenvalue weighted by atomic mass is 16.5. The van der Waals surface area contributed by atoms with Crippen LogP contribution in [-0.2, 0) is 0 Å². The van der Waals surface area contributed by atoms with E-state index in [1.807, 2.05) is 30.3 Å². The Morgan fingerprint density at radius 1 is 1.33 bits per heavy atom. The Kier molecular flexibility index (Phi) is 2.58. The number of nitrogens with two attached hydrogens (primary N) is 1. The summed E-state index contributed by atoms with van der Waals surface area (Å²) in [5.74, 6) is 1.02. The topological polar surface area (TPSA) is 98.3 Å². The Hall–Kier alpha value is -2.18. The number of para-hydroxylation sites is 1. The van der Waals surface area contributed by atoms with E-state index in [-0.39, 0.29) is 12.5 Å². The third-order valence-corrected chi connectivity index (χ3v) is 2.60. The first-order valence-corrected chi connectivity index (χ1v) is 5.47. The summed E-state index contributed by atoms with van der Waals surface area (Å²) < 4.78 is 10.6. The normalized spacial score (nSPS) is 13.0. The largest absolute Gasteiger partial charge is 0.453 e. The molecule has 6 nitrogen and oxygen atoms in total. The molecule has 0 radical (unpaired) electrons. The monoisotopic (exact) mass is 245 g/mol. The summed E-state index contributed by atoms with van der Waals surface area (Å²) in [5, 5.41) is 13.6. The number of rotatable bonds is 3. The first kappa shape index (κ1) is 10.9. The highest BCUT2D eigenvalue weighted by Gasteiger charge is 2.17. The molecule has 3 N–H and O–H groups in total. The molecular formula is C12H11N3O3. The van der Waals surface area contributed by atoms with Gasteiger partial charge in [-0.05, 0) is 12.1 Å². The molecule has 0 aliphatic rings. The first-order valence-electron chi connectivity index (χ1n) is 5.47. The van der Waals surface area contributed by atoms with Gasteiger partial charge in [0.1, 0.15) is 11.6 Å². The summed E-state index contributed by atoms with van der Waals surface area (Å²) in [5.41, 5.74) is 6.34. The van der Waals surface area contributed by atoms with Crippen molar-refractivity contribution in [3.05, 3.63) is 36.2 Å². The van der Waals surface area contributed by atoms with Crippen LogP contribution in [0.5, 0.6) is 0 Å². The van der Waals surface area contributed by atoms with Crippen molar-refractivity contribution in [3.63, 3.8) is 0 Å². The third-order valence-electron chi connectivity index (χ3n) is 2.60. The summed E-state index contributed by atoms with van der Waals surface area (Å²) in [6, 6.07) is 8.76. The molecule has 1 atom stereocenters. The van der Waals surface area contributed by atoms with Gasteiger partial charge >= 0.3 is 0 Å². The zero-order chi connectivity index (χ0) is 12.5. The minimum absolute atomic E-state index is 0.188. The van der Waals surface area contributed by atoms with Crippen molar-refractivity contribution in [2.24, 2.45) is 5.73 Å². The fourth-order valence-corrected chi connectivity index (χ4v) is 1.66. The molecule has 3 rings (SSSR count). The molecule has 0 aliphatic heterocycles. The van der Waals surface area contributed by atoms with Crippen LogP contribution in [0, 0.1) is 0 Å². The maximum atomic E-state index is 8.91. The van der Waals surface area contributed by atoms with Crippen molar-refractivity contribution in [1.82, 2.24) is 10.1 Å². The van der Waals surface area contributed by atoms with Crippen molar-refractivity contribution in [2.45, 2.75) is 6.04 Å². The molecule has 0 bridgehead atoms. The molecule has 3 aromatic rings. The number of aromatic nitrogens is 2. The number of hydrogen-bond acceptors (Lipinski definition) is 6. The van der Waals surface area contributed by atoms with Crippen LogP contribution in [0.15, 0.2) is 39.3 Å². The molecule has 0 fully saturated rings. The summed E-state index contributed by atoms with van der Waals surface area (Å²) in [6.45, 7) is -0.248. The number of hydrogen-bond donors (Lipinski definition) is 2. The Morgan fingerprint density at radius 3 is 2.94 bits per heavy atom. The molecule has 0 saturated heterocycles. The molecule has 6 heteroatoms. The Morgan fingerprint density at radius 2 is 2.17 bits per heavy atom. The van der Waals surface area contributed by atoms with Crippen molar-refractivity contribution in [1.29, 1.82) is 0 Å². The average molecular weight is 245 g/mol. The molecule has 0 spiro atoms. The van der Waals surface area contributed by atoms with E-state index < -0.39 is 6.04 Å². The van der Waals surface area contributed by atoms with Gasteiger partial charge in [-0.15, -0.1) is 0 Å². The first-order chi connectivity index (χ1) is 8.78. The van der Waals surface area contributed by atoms with Crippen LogP contribution in [-0.4, -0.2) is 21.9 Å². The molecule has 2 aromatic heterocycles. The van der Waals surface area contributed by atoms with Crippen LogP contribution in [0.2, 0.25) is 0 Å². The molecule has 0 unspecified atom stereocenters.